The summed E-state index contributed by atoms with van der Waals surface area (Å²) >= 11 is 1.50. The summed E-state index contributed by atoms with van der Waals surface area (Å²) in [4.78, 5) is 18.1. The number of amides is 1. The lowest BCUT2D eigenvalue weighted by molar-refractivity contribution is 0.0997. The summed E-state index contributed by atoms with van der Waals surface area (Å²) in [6, 6.07) is 10.4. The number of thiazole rings is 1. The first-order valence-corrected chi connectivity index (χ1v) is 13.4. The Morgan fingerprint density at radius 3 is 2.25 bits per heavy atom. The second-order valence-electron chi connectivity index (χ2n) is 8.29. The number of aryl methyl sites for hydroxylation is 3. The molecule has 1 aliphatic heterocycles. The average molecular weight is 472 g/mol. The molecule has 0 radical (unpaired) electrons. The van der Waals surface area contributed by atoms with E-state index in [0.717, 1.165) is 35.9 Å². The van der Waals surface area contributed by atoms with E-state index in [4.69, 9.17) is 0 Å². The third-order valence-electron chi connectivity index (χ3n) is 6.12. The van der Waals surface area contributed by atoms with Crippen molar-refractivity contribution in [1.29, 1.82) is 0 Å². The van der Waals surface area contributed by atoms with Gasteiger partial charge in [-0.1, -0.05) is 24.2 Å². The van der Waals surface area contributed by atoms with Crippen LogP contribution in [0.5, 0.6) is 0 Å². The fourth-order valence-electron chi connectivity index (χ4n) is 4.06. The summed E-state index contributed by atoms with van der Waals surface area (Å²) < 4.78 is 30.6. The van der Waals surface area contributed by atoms with Gasteiger partial charge in [-0.05, 0) is 81.1 Å². The number of carbonyl (C=O) groups excluding carboxylic acids is 1. The molecule has 1 fully saturated rings. The molecule has 0 atom stereocenters. The zero-order valence-corrected chi connectivity index (χ0v) is 20.4. The molecule has 0 N–H and O–H groups in total. The minimum absolute atomic E-state index is 0.229. The van der Waals surface area contributed by atoms with E-state index in [9.17, 15) is 13.2 Å². The highest BCUT2D eigenvalue weighted by molar-refractivity contribution is 7.89. The van der Waals surface area contributed by atoms with Crippen molar-refractivity contribution in [2.24, 2.45) is 4.99 Å². The zero-order valence-electron chi connectivity index (χ0n) is 18.8. The summed E-state index contributed by atoms with van der Waals surface area (Å²) in [6.07, 6.45) is 3.91. The molecule has 0 bridgehead atoms. The number of carbonyl (C=O) groups is 1. The molecule has 0 saturated carbocycles. The highest BCUT2D eigenvalue weighted by Gasteiger charge is 2.25. The number of sulfonamides is 1. The van der Waals surface area contributed by atoms with Crippen LogP contribution in [-0.4, -0.2) is 36.3 Å². The van der Waals surface area contributed by atoms with Gasteiger partial charge in [-0.3, -0.25) is 4.79 Å². The smallest absolute Gasteiger partial charge is 0.279 e. The van der Waals surface area contributed by atoms with Crippen LogP contribution in [0.2, 0.25) is 0 Å². The Hall–Kier alpha value is -2.29. The molecular weight excluding hydrogens is 442 g/mol. The van der Waals surface area contributed by atoms with E-state index >= 15 is 0 Å². The van der Waals surface area contributed by atoms with Crippen LogP contribution in [0, 0.1) is 13.8 Å². The number of fused-ring (bicyclic) bond motifs is 1. The summed E-state index contributed by atoms with van der Waals surface area (Å²) in [5, 5.41) is 0. The normalized spacial score (nSPS) is 16.4. The Kier molecular flexibility index (Phi) is 6.65. The van der Waals surface area contributed by atoms with Crippen LogP contribution in [0.3, 0.4) is 0 Å². The van der Waals surface area contributed by atoms with Gasteiger partial charge in [-0.2, -0.15) is 9.30 Å². The summed E-state index contributed by atoms with van der Waals surface area (Å²) in [6.45, 7) is 8.01. The topological polar surface area (TPSA) is 71.7 Å². The van der Waals surface area contributed by atoms with Crippen LogP contribution in [-0.2, 0) is 16.6 Å². The summed E-state index contributed by atoms with van der Waals surface area (Å²) in [5.74, 6) is -0.370. The number of rotatable bonds is 4. The lowest BCUT2D eigenvalue weighted by Gasteiger charge is -2.19. The minimum Gasteiger partial charge on any atom is -0.317 e. The second-order valence-corrected chi connectivity index (χ2v) is 11.2. The van der Waals surface area contributed by atoms with Crippen LogP contribution in [0.25, 0.3) is 10.2 Å². The minimum atomic E-state index is -3.53. The van der Waals surface area contributed by atoms with Gasteiger partial charge < -0.3 is 4.57 Å². The fraction of sp³-hybridized carbons (Fsp3) is 0.417. The average Bonchev–Trinajstić information content (AvgIpc) is 2.95. The van der Waals surface area contributed by atoms with Gasteiger partial charge in [-0.15, -0.1) is 0 Å². The predicted octanol–water partition coefficient (Wildman–Crippen LogP) is 4.65. The molecule has 3 aromatic rings. The highest BCUT2D eigenvalue weighted by Crippen LogP contribution is 2.23. The molecule has 1 aliphatic rings. The molecule has 0 unspecified atom stereocenters. The molecule has 0 aliphatic carbocycles. The molecule has 1 amide bonds. The number of nitrogens with zero attached hydrogens (tertiary/aromatic N) is 3. The molecule has 6 nitrogen and oxygen atoms in total. The van der Waals surface area contributed by atoms with Gasteiger partial charge in [0.15, 0.2) is 4.80 Å². The van der Waals surface area contributed by atoms with Crippen molar-refractivity contribution in [1.82, 2.24) is 8.87 Å². The van der Waals surface area contributed by atoms with Gasteiger partial charge in [0.05, 0.1) is 15.1 Å². The quantitative estimate of drug-likeness (QED) is 0.556. The maximum atomic E-state index is 13.0. The van der Waals surface area contributed by atoms with Crippen molar-refractivity contribution in [3.63, 3.8) is 0 Å². The van der Waals surface area contributed by atoms with E-state index in [1.807, 2.05) is 11.5 Å². The van der Waals surface area contributed by atoms with Gasteiger partial charge in [0.2, 0.25) is 10.0 Å². The van der Waals surface area contributed by atoms with Crippen molar-refractivity contribution in [2.75, 3.05) is 13.1 Å². The Labute approximate surface area is 193 Å². The van der Waals surface area contributed by atoms with Crippen molar-refractivity contribution in [2.45, 2.75) is 57.9 Å². The summed E-state index contributed by atoms with van der Waals surface area (Å²) in [7, 11) is -3.53. The highest BCUT2D eigenvalue weighted by atomic mass is 32.2. The largest absolute Gasteiger partial charge is 0.317 e. The Morgan fingerprint density at radius 1 is 1.00 bits per heavy atom. The Balaban J connectivity index is 1.64. The first-order chi connectivity index (χ1) is 15.3. The Morgan fingerprint density at radius 2 is 1.62 bits per heavy atom. The molecule has 1 aromatic heterocycles. The van der Waals surface area contributed by atoms with E-state index in [0.29, 0.717) is 30.0 Å². The molecule has 8 heteroatoms. The summed E-state index contributed by atoms with van der Waals surface area (Å²) in [5.41, 5.74) is 3.87. The third-order valence-corrected chi connectivity index (χ3v) is 9.07. The fourth-order valence-corrected chi connectivity index (χ4v) is 6.75. The van der Waals surface area contributed by atoms with Crippen molar-refractivity contribution >= 4 is 37.5 Å². The lowest BCUT2D eigenvalue weighted by Crippen LogP contribution is -2.31. The third kappa shape index (κ3) is 4.44. The van der Waals surface area contributed by atoms with E-state index in [1.54, 1.807) is 16.4 Å². The molecule has 4 rings (SSSR count). The molecular formula is C24H29N3O3S2. The monoisotopic (exact) mass is 471 g/mol. The van der Waals surface area contributed by atoms with E-state index in [2.05, 4.69) is 31.0 Å². The van der Waals surface area contributed by atoms with Gasteiger partial charge in [-0.25, -0.2) is 8.42 Å². The van der Waals surface area contributed by atoms with Crippen molar-refractivity contribution in [3.05, 3.63) is 57.9 Å². The molecule has 2 aromatic carbocycles. The van der Waals surface area contributed by atoms with Crippen molar-refractivity contribution in [3.8, 4) is 0 Å². The van der Waals surface area contributed by atoms with Crippen molar-refractivity contribution < 1.29 is 13.2 Å². The van der Waals surface area contributed by atoms with E-state index < -0.39 is 10.0 Å². The van der Waals surface area contributed by atoms with Crippen LogP contribution in [0.4, 0.5) is 0 Å². The number of aromatic nitrogens is 1. The Bertz CT molecular complexity index is 1310. The first-order valence-electron chi connectivity index (χ1n) is 11.1. The molecule has 1 saturated heterocycles. The zero-order chi connectivity index (χ0) is 22.9. The SMILES string of the molecule is CCn1c(=NC(=O)c2ccc(S(=O)(=O)N3CCCCCC3)cc2)sc2cc(C)c(C)cc21. The molecule has 32 heavy (non-hydrogen) atoms. The maximum absolute atomic E-state index is 13.0. The standard InChI is InChI=1S/C24H29N3O3S2/c1-4-27-21-15-17(2)18(3)16-22(21)31-24(27)25-23(28)19-9-11-20(12-10-19)32(29,30)26-13-7-5-6-8-14-26/h9-12,15-16H,4-8,13-14H2,1-3H3. The van der Waals surface area contributed by atoms with Crippen LogP contribution in [0.15, 0.2) is 46.3 Å². The lowest BCUT2D eigenvalue weighted by atomic mass is 10.1. The van der Waals surface area contributed by atoms with Gasteiger partial charge in [0.1, 0.15) is 0 Å². The van der Waals surface area contributed by atoms with Gasteiger partial charge in [0, 0.05) is 25.2 Å². The first kappa shape index (κ1) is 22.9. The van der Waals surface area contributed by atoms with E-state index in [-0.39, 0.29) is 10.8 Å². The van der Waals surface area contributed by atoms with Crippen LogP contribution in [0.1, 0.15) is 54.1 Å². The van der Waals surface area contributed by atoms with Crippen LogP contribution >= 0.6 is 11.3 Å². The predicted molar refractivity (Wildman–Crippen MR) is 129 cm³/mol. The van der Waals surface area contributed by atoms with Gasteiger partial charge >= 0.3 is 0 Å². The number of hydrogen-bond acceptors (Lipinski definition) is 4. The van der Waals surface area contributed by atoms with E-state index in [1.165, 1.54) is 34.6 Å². The second kappa shape index (κ2) is 9.29. The van der Waals surface area contributed by atoms with Gasteiger partial charge in [0.25, 0.3) is 5.91 Å². The number of benzene rings is 2. The molecule has 2 heterocycles. The van der Waals surface area contributed by atoms with Crippen LogP contribution < -0.4 is 4.80 Å². The maximum Gasteiger partial charge on any atom is 0.279 e. The number of hydrogen-bond donors (Lipinski definition) is 0. The molecule has 170 valence electrons. The molecule has 0 spiro atoms.